The molecule has 1 saturated heterocycles. The van der Waals surface area contributed by atoms with Crippen molar-refractivity contribution in [3.63, 3.8) is 0 Å². The number of rotatable bonds is 3. The first-order valence-electron chi connectivity index (χ1n) is 5.95. The van der Waals surface area contributed by atoms with E-state index in [1.807, 2.05) is 29.5 Å². The van der Waals surface area contributed by atoms with E-state index in [4.69, 9.17) is 4.74 Å². The number of phenols is 1. The highest BCUT2D eigenvalue weighted by molar-refractivity contribution is 14.1. The SMILES string of the molecule is CC(NC(=O)c1ccc(I)c(O)c1)C1CCOC1. The summed E-state index contributed by atoms with van der Waals surface area (Å²) in [5.74, 6) is 0.368. The zero-order chi connectivity index (χ0) is 13.1. The van der Waals surface area contributed by atoms with Crippen LogP contribution in [-0.4, -0.2) is 30.3 Å². The minimum Gasteiger partial charge on any atom is -0.507 e. The molecule has 1 aromatic carbocycles. The molecule has 1 aliphatic rings. The van der Waals surface area contributed by atoms with Gasteiger partial charge in [0.2, 0.25) is 0 Å². The molecule has 0 radical (unpaired) electrons. The van der Waals surface area contributed by atoms with E-state index in [1.165, 1.54) is 6.07 Å². The Kier molecular flexibility index (Phi) is 4.45. The van der Waals surface area contributed by atoms with Gasteiger partial charge in [-0.05, 0) is 54.1 Å². The highest BCUT2D eigenvalue weighted by Gasteiger charge is 2.23. The molecule has 18 heavy (non-hydrogen) atoms. The number of hydrogen-bond donors (Lipinski definition) is 2. The summed E-state index contributed by atoms with van der Waals surface area (Å²) < 4.78 is 6.05. The van der Waals surface area contributed by atoms with Crippen LogP contribution in [0.3, 0.4) is 0 Å². The second-order valence-corrected chi connectivity index (χ2v) is 5.71. The molecular formula is C13H16INO3. The lowest BCUT2D eigenvalue weighted by molar-refractivity contribution is 0.0921. The number of phenolic OH excluding ortho intramolecular Hbond substituents is 1. The number of aromatic hydroxyl groups is 1. The summed E-state index contributed by atoms with van der Waals surface area (Å²) in [6, 6.07) is 5.03. The standard InChI is InChI=1S/C13H16INO3/c1-8(10-4-5-18-7-10)15-13(17)9-2-3-11(14)12(16)6-9/h2-3,6,8,10,16H,4-5,7H2,1H3,(H,15,17). The van der Waals surface area contributed by atoms with E-state index in [0.29, 0.717) is 18.1 Å². The van der Waals surface area contributed by atoms with Crippen LogP contribution >= 0.6 is 22.6 Å². The van der Waals surface area contributed by atoms with Gasteiger partial charge < -0.3 is 15.2 Å². The molecule has 0 spiro atoms. The Morgan fingerprint density at radius 1 is 1.61 bits per heavy atom. The Morgan fingerprint density at radius 3 is 3.00 bits per heavy atom. The summed E-state index contributed by atoms with van der Waals surface area (Å²) in [5.41, 5.74) is 0.485. The van der Waals surface area contributed by atoms with Gasteiger partial charge in [-0.15, -0.1) is 0 Å². The first-order valence-corrected chi connectivity index (χ1v) is 7.03. The summed E-state index contributed by atoms with van der Waals surface area (Å²) in [6.07, 6.45) is 0.986. The average Bonchev–Trinajstić information content (AvgIpc) is 2.86. The van der Waals surface area contributed by atoms with Gasteiger partial charge in [0.15, 0.2) is 0 Å². The van der Waals surface area contributed by atoms with Crippen molar-refractivity contribution in [2.24, 2.45) is 5.92 Å². The molecule has 2 unspecified atom stereocenters. The fourth-order valence-electron chi connectivity index (χ4n) is 2.01. The molecule has 0 bridgehead atoms. The molecular weight excluding hydrogens is 345 g/mol. The lowest BCUT2D eigenvalue weighted by atomic mass is 10.0. The zero-order valence-corrected chi connectivity index (χ0v) is 12.3. The van der Waals surface area contributed by atoms with Gasteiger partial charge in [0.05, 0.1) is 10.2 Å². The second-order valence-electron chi connectivity index (χ2n) is 4.55. The van der Waals surface area contributed by atoms with E-state index in [2.05, 4.69) is 5.32 Å². The second kappa shape index (κ2) is 5.88. The largest absolute Gasteiger partial charge is 0.507 e. The number of carbonyl (C=O) groups excluding carboxylic acids is 1. The molecule has 98 valence electrons. The van der Waals surface area contributed by atoms with Crippen LogP contribution in [0.15, 0.2) is 18.2 Å². The zero-order valence-electron chi connectivity index (χ0n) is 10.1. The Morgan fingerprint density at radius 2 is 2.39 bits per heavy atom. The highest BCUT2D eigenvalue weighted by Crippen LogP contribution is 2.21. The fourth-order valence-corrected chi connectivity index (χ4v) is 2.34. The summed E-state index contributed by atoms with van der Waals surface area (Å²) >= 11 is 2.02. The summed E-state index contributed by atoms with van der Waals surface area (Å²) in [6.45, 7) is 3.47. The Balaban J connectivity index is 2.00. The van der Waals surface area contributed by atoms with E-state index in [-0.39, 0.29) is 17.7 Å². The maximum absolute atomic E-state index is 12.0. The van der Waals surface area contributed by atoms with E-state index >= 15 is 0 Å². The van der Waals surface area contributed by atoms with E-state index in [1.54, 1.807) is 12.1 Å². The van der Waals surface area contributed by atoms with Crippen molar-refractivity contribution in [1.82, 2.24) is 5.32 Å². The fraction of sp³-hybridized carbons (Fsp3) is 0.462. The van der Waals surface area contributed by atoms with Crippen molar-refractivity contribution in [3.05, 3.63) is 27.3 Å². The summed E-state index contributed by atoms with van der Waals surface area (Å²) in [4.78, 5) is 12.0. The molecule has 1 amide bonds. The molecule has 1 fully saturated rings. The smallest absolute Gasteiger partial charge is 0.251 e. The quantitative estimate of drug-likeness (QED) is 0.812. The predicted molar refractivity (Wildman–Crippen MR) is 76.7 cm³/mol. The average molecular weight is 361 g/mol. The number of ether oxygens (including phenoxy) is 1. The van der Waals surface area contributed by atoms with Gasteiger partial charge in [-0.3, -0.25) is 4.79 Å². The topological polar surface area (TPSA) is 58.6 Å². The lowest BCUT2D eigenvalue weighted by Crippen LogP contribution is -2.38. The normalized spacial score (nSPS) is 20.7. The number of hydrogen-bond acceptors (Lipinski definition) is 3. The third-order valence-corrected chi connectivity index (χ3v) is 4.15. The van der Waals surface area contributed by atoms with Crippen molar-refractivity contribution in [2.75, 3.05) is 13.2 Å². The van der Waals surface area contributed by atoms with Crippen LogP contribution in [0.4, 0.5) is 0 Å². The van der Waals surface area contributed by atoms with E-state index < -0.39 is 0 Å². The number of nitrogens with one attached hydrogen (secondary N) is 1. The molecule has 2 rings (SSSR count). The van der Waals surface area contributed by atoms with Gasteiger partial charge in [0.1, 0.15) is 5.75 Å². The van der Waals surface area contributed by atoms with Crippen molar-refractivity contribution in [1.29, 1.82) is 0 Å². The molecule has 1 heterocycles. The van der Waals surface area contributed by atoms with Crippen molar-refractivity contribution in [2.45, 2.75) is 19.4 Å². The van der Waals surface area contributed by atoms with Crippen LogP contribution in [0.1, 0.15) is 23.7 Å². The minimum absolute atomic E-state index is 0.0846. The minimum atomic E-state index is -0.152. The Labute approximate surface area is 120 Å². The number of halogens is 1. The van der Waals surface area contributed by atoms with Gasteiger partial charge in [-0.1, -0.05) is 0 Å². The molecule has 4 nitrogen and oxygen atoms in total. The van der Waals surface area contributed by atoms with Crippen LogP contribution in [-0.2, 0) is 4.74 Å². The van der Waals surface area contributed by atoms with Crippen LogP contribution in [0.2, 0.25) is 0 Å². The first kappa shape index (κ1) is 13.6. The number of amides is 1. The monoisotopic (exact) mass is 361 g/mol. The van der Waals surface area contributed by atoms with Crippen LogP contribution in [0, 0.1) is 9.49 Å². The van der Waals surface area contributed by atoms with Crippen molar-refractivity contribution in [3.8, 4) is 5.75 Å². The van der Waals surface area contributed by atoms with Crippen LogP contribution in [0.5, 0.6) is 5.75 Å². The van der Waals surface area contributed by atoms with Gasteiger partial charge in [-0.25, -0.2) is 0 Å². The van der Waals surface area contributed by atoms with Gasteiger partial charge in [0, 0.05) is 24.1 Å². The number of carbonyl (C=O) groups is 1. The Hall–Kier alpha value is -0.820. The van der Waals surface area contributed by atoms with Gasteiger partial charge >= 0.3 is 0 Å². The van der Waals surface area contributed by atoms with E-state index in [0.717, 1.165) is 16.6 Å². The lowest BCUT2D eigenvalue weighted by Gasteiger charge is -2.19. The van der Waals surface area contributed by atoms with Gasteiger partial charge in [0.25, 0.3) is 5.91 Å². The molecule has 2 N–H and O–H groups in total. The van der Waals surface area contributed by atoms with Crippen LogP contribution in [0.25, 0.3) is 0 Å². The first-order chi connectivity index (χ1) is 8.58. The van der Waals surface area contributed by atoms with Gasteiger partial charge in [-0.2, -0.15) is 0 Å². The number of benzene rings is 1. The highest BCUT2D eigenvalue weighted by atomic mass is 127. The summed E-state index contributed by atoms with van der Waals surface area (Å²) in [7, 11) is 0. The third kappa shape index (κ3) is 3.14. The maximum atomic E-state index is 12.0. The van der Waals surface area contributed by atoms with Crippen molar-refractivity contribution >= 4 is 28.5 Å². The van der Waals surface area contributed by atoms with E-state index in [9.17, 15) is 9.90 Å². The predicted octanol–water partition coefficient (Wildman–Crippen LogP) is 2.15. The molecule has 2 atom stereocenters. The third-order valence-electron chi connectivity index (χ3n) is 3.24. The van der Waals surface area contributed by atoms with Crippen molar-refractivity contribution < 1.29 is 14.6 Å². The molecule has 0 aromatic heterocycles. The Bertz CT molecular complexity index is 444. The molecule has 0 saturated carbocycles. The molecule has 5 heteroatoms. The summed E-state index contributed by atoms with van der Waals surface area (Å²) in [5, 5.41) is 12.5. The molecule has 0 aliphatic carbocycles. The maximum Gasteiger partial charge on any atom is 0.251 e. The molecule has 1 aliphatic heterocycles. The van der Waals surface area contributed by atoms with Crippen LogP contribution < -0.4 is 5.32 Å². The molecule has 1 aromatic rings.